The monoisotopic (exact) mass is 233 g/mol. The van der Waals surface area contributed by atoms with Crippen molar-refractivity contribution in [2.75, 3.05) is 40.0 Å². The number of aliphatic hydroxyl groups excluding tert-OH is 1. The Morgan fingerprint density at radius 1 is 1.25 bits per heavy atom. The van der Waals surface area contributed by atoms with Gasteiger partial charge in [-0.05, 0) is 19.9 Å². The van der Waals surface area contributed by atoms with Crippen LogP contribution in [0, 0.1) is 0 Å². The van der Waals surface area contributed by atoms with Gasteiger partial charge in [0.05, 0.1) is 25.9 Å². The minimum absolute atomic E-state index is 0.385. The van der Waals surface area contributed by atoms with Crippen LogP contribution in [0.15, 0.2) is 0 Å². The molecule has 0 aliphatic rings. The van der Waals surface area contributed by atoms with Crippen LogP contribution in [0.3, 0.4) is 0 Å². The zero-order valence-corrected chi connectivity index (χ0v) is 11.1. The third kappa shape index (κ3) is 7.17. The first-order valence-corrected chi connectivity index (χ1v) is 6.14. The second-order valence-corrected chi connectivity index (χ2v) is 4.07. The molecule has 0 aromatic heterocycles. The van der Waals surface area contributed by atoms with E-state index in [1.165, 1.54) is 0 Å². The van der Waals surface area contributed by atoms with Gasteiger partial charge < -0.3 is 14.6 Å². The number of methoxy groups -OCH3 is 1. The molecule has 4 nitrogen and oxygen atoms in total. The van der Waals surface area contributed by atoms with Crippen molar-refractivity contribution in [2.45, 2.75) is 39.3 Å². The highest BCUT2D eigenvalue weighted by Gasteiger charge is 2.14. The van der Waals surface area contributed by atoms with E-state index in [2.05, 4.69) is 25.7 Å². The quantitative estimate of drug-likeness (QED) is 0.574. The van der Waals surface area contributed by atoms with Gasteiger partial charge in [0.15, 0.2) is 0 Å². The Bertz CT molecular complexity index is 155. The summed E-state index contributed by atoms with van der Waals surface area (Å²) in [5.41, 5.74) is 0. The van der Waals surface area contributed by atoms with Gasteiger partial charge in [-0.1, -0.05) is 13.8 Å². The van der Waals surface area contributed by atoms with Crippen LogP contribution in [0.2, 0.25) is 0 Å². The molecule has 0 aliphatic carbocycles. The van der Waals surface area contributed by atoms with Crippen LogP contribution in [-0.2, 0) is 9.47 Å². The zero-order chi connectivity index (χ0) is 12.4. The Kier molecular flexibility index (Phi) is 9.92. The van der Waals surface area contributed by atoms with Crippen LogP contribution < -0.4 is 0 Å². The number of likely N-dealkylation sites (N-methyl/N-ethyl adjacent to an activating group) is 1. The van der Waals surface area contributed by atoms with Crippen LogP contribution in [-0.4, -0.2) is 62.2 Å². The fourth-order valence-electron chi connectivity index (χ4n) is 1.56. The Labute approximate surface area is 99.5 Å². The summed E-state index contributed by atoms with van der Waals surface area (Å²) in [7, 11) is 1.64. The van der Waals surface area contributed by atoms with Crippen molar-refractivity contribution in [3.05, 3.63) is 0 Å². The van der Waals surface area contributed by atoms with Crippen LogP contribution >= 0.6 is 0 Å². The first kappa shape index (κ1) is 15.8. The number of ether oxygens (including phenoxy) is 2. The first-order chi connectivity index (χ1) is 7.65. The molecule has 98 valence electrons. The summed E-state index contributed by atoms with van der Waals surface area (Å²) in [6.07, 6.45) is 0.691. The fourth-order valence-corrected chi connectivity index (χ4v) is 1.56. The van der Waals surface area contributed by atoms with Gasteiger partial charge in [-0.2, -0.15) is 0 Å². The summed E-state index contributed by atoms with van der Waals surface area (Å²) in [6.45, 7) is 9.61. The highest BCUT2D eigenvalue weighted by Crippen LogP contribution is 2.04. The third-order valence-corrected chi connectivity index (χ3v) is 2.81. The number of nitrogens with zero attached hydrogens (tertiary/aromatic N) is 1. The lowest BCUT2D eigenvalue weighted by atomic mass is 10.2. The van der Waals surface area contributed by atoms with E-state index in [1.807, 2.05) is 0 Å². The molecule has 0 aromatic rings. The lowest BCUT2D eigenvalue weighted by Gasteiger charge is -2.29. The number of aliphatic hydroxyl groups is 1. The predicted molar refractivity (Wildman–Crippen MR) is 65.7 cm³/mol. The van der Waals surface area contributed by atoms with Crippen LogP contribution in [0.1, 0.15) is 27.2 Å². The van der Waals surface area contributed by atoms with Crippen LogP contribution in [0.5, 0.6) is 0 Å². The van der Waals surface area contributed by atoms with E-state index in [4.69, 9.17) is 9.47 Å². The summed E-state index contributed by atoms with van der Waals surface area (Å²) in [5.74, 6) is 0. The van der Waals surface area contributed by atoms with Crippen molar-refractivity contribution >= 4 is 0 Å². The van der Waals surface area contributed by atoms with Crippen molar-refractivity contribution in [1.29, 1.82) is 0 Å². The zero-order valence-electron chi connectivity index (χ0n) is 11.1. The van der Waals surface area contributed by atoms with E-state index < -0.39 is 6.10 Å². The van der Waals surface area contributed by atoms with E-state index in [0.717, 1.165) is 13.0 Å². The molecule has 0 saturated carbocycles. The first-order valence-electron chi connectivity index (χ1n) is 6.14. The molecular formula is C12H27NO3. The van der Waals surface area contributed by atoms with Crippen LogP contribution in [0.4, 0.5) is 0 Å². The molecule has 0 saturated heterocycles. The molecule has 0 spiro atoms. The molecule has 2 atom stereocenters. The molecule has 1 N–H and O–H groups in total. The van der Waals surface area contributed by atoms with Gasteiger partial charge in [0, 0.05) is 19.7 Å². The summed E-state index contributed by atoms with van der Waals surface area (Å²) >= 11 is 0. The maximum atomic E-state index is 9.79. The molecule has 0 heterocycles. The average Bonchev–Trinajstić information content (AvgIpc) is 2.30. The van der Waals surface area contributed by atoms with Gasteiger partial charge in [-0.25, -0.2) is 0 Å². The predicted octanol–water partition coefficient (Wildman–Crippen LogP) is 1.13. The van der Waals surface area contributed by atoms with E-state index >= 15 is 0 Å². The summed E-state index contributed by atoms with van der Waals surface area (Å²) in [5, 5.41) is 9.79. The fraction of sp³-hybridized carbons (Fsp3) is 1.00. The molecule has 0 aliphatic heterocycles. The smallest absolute Gasteiger partial charge is 0.0900 e. The Balaban J connectivity index is 3.69. The lowest BCUT2D eigenvalue weighted by Crippen LogP contribution is -2.40. The highest BCUT2D eigenvalue weighted by atomic mass is 16.5. The Morgan fingerprint density at radius 3 is 2.44 bits per heavy atom. The summed E-state index contributed by atoms with van der Waals surface area (Å²) in [4.78, 5) is 2.27. The van der Waals surface area contributed by atoms with E-state index in [-0.39, 0.29) is 0 Å². The van der Waals surface area contributed by atoms with Crippen molar-refractivity contribution < 1.29 is 14.6 Å². The third-order valence-electron chi connectivity index (χ3n) is 2.81. The highest BCUT2D eigenvalue weighted by molar-refractivity contribution is 4.68. The van der Waals surface area contributed by atoms with Crippen LogP contribution in [0.25, 0.3) is 0 Å². The number of hydrogen-bond donors (Lipinski definition) is 1. The largest absolute Gasteiger partial charge is 0.389 e. The van der Waals surface area contributed by atoms with Gasteiger partial charge >= 0.3 is 0 Å². The van der Waals surface area contributed by atoms with Gasteiger partial charge in [-0.3, -0.25) is 4.90 Å². The SMILES string of the molecule is CCC(C)N(CC)CC(O)COCCOC. The Hall–Kier alpha value is -0.160. The topological polar surface area (TPSA) is 41.9 Å². The van der Waals surface area contributed by atoms with Gasteiger partial charge in [0.1, 0.15) is 0 Å². The maximum Gasteiger partial charge on any atom is 0.0900 e. The van der Waals surface area contributed by atoms with Crippen molar-refractivity contribution in [3.63, 3.8) is 0 Å². The van der Waals surface area contributed by atoms with Gasteiger partial charge in [0.25, 0.3) is 0 Å². The molecule has 0 radical (unpaired) electrons. The van der Waals surface area contributed by atoms with Gasteiger partial charge in [-0.15, -0.1) is 0 Å². The second kappa shape index (κ2) is 10.0. The van der Waals surface area contributed by atoms with Crippen molar-refractivity contribution in [2.24, 2.45) is 0 Å². The molecule has 16 heavy (non-hydrogen) atoms. The Morgan fingerprint density at radius 2 is 1.94 bits per heavy atom. The van der Waals surface area contributed by atoms with E-state index in [1.54, 1.807) is 7.11 Å². The lowest BCUT2D eigenvalue weighted by molar-refractivity contribution is -0.00481. The maximum absolute atomic E-state index is 9.79. The minimum atomic E-state index is -0.411. The molecule has 0 amide bonds. The molecule has 0 bridgehead atoms. The molecule has 0 aromatic carbocycles. The number of rotatable bonds is 10. The molecule has 0 rings (SSSR count). The molecule has 2 unspecified atom stereocenters. The summed E-state index contributed by atoms with van der Waals surface area (Å²) < 4.78 is 10.2. The normalized spacial score (nSPS) is 15.4. The van der Waals surface area contributed by atoms with E-state index in [9.17, 15) is 5.11 Å². The minimum Gasteiger partial charge on any atom is -0.389 e. The standard InChI is InChI=1S/C12H27NO3/c1-5-11(3)13(6-2)9-12(14)10-16-8-7-15-4/h11-12,14H,5-10H2,1-4H3. The van der Waals surface area contributed by atoms with Crippen molar-refractivity contribution in [3.8, 4) is 0 Å². The average molecular weight is 233 g/mol. The van der Waals surface area contributed by atoms with E-state index in [0.29, 0.717) is 32.4 Å². The second-order valence-electron chi connectivity index (χ2n) is 4.07. The van der Waals surface area contributed by atoms with Crippen molar-refractivity contribution in [1.82, 2.24) is 4.90 Å². The molecular weight excluding hydrogens is 206 g/mol. The molecule has 0 fully saturated rings. The van der Waals surface area contributed by atoms with Gasteiger partial charge in [0.2, 0.25) is 0 Å². The molecule has 4 heteroatoms. The number of hydrogen-bond acceptors (Lipinski definition) is 4. The summed E-state index contributed by atoms with van der Waals surface area (Å²) in [6, 6.07) is 0.513.